The highest BCUT2D eigenvalue weighted by Crippen LogP contribution is 2.43. The van der Waals surface area contributed by atoms with Gasteiger partial charge in [0.25, 0.3) is 0 Å². The van der Waals surface area contributed by atoms with E-state index >= 15 is 0 Å². The Balaban J connectivity index is 2.05. The molecule has 5 nitrogen and oxygen atoms in total. The van der Waals surface area contributed by atoms with Crippen molar-refractivity contribution in [2.45, 2.75) is 33.2 Å². The lowest BCUT2D eigenvalue weighted by Crippen LogP contribution is -2.30. The van der Waals surface area contributed by atoms with Gasteiger partial charge >= 0.3 is 6.16 Å². The number of carbonyl (C=O) groups is 2. The van der Waals surface area contributed by atoms with E-state index in [4.69, 9.17) is 4.74 Å². The molecule has 0 atom stereocenters. The molecule has 0 aliphatic carbocycles. The number of carbonyl (C=O) groups excluding carboxylic acids is 1. The Kier molecular flexibility index (Phi) is 6.67. The predicted molar refractivity (Wildman–Crippen MR) is 116 cm³/mol. The maximum Gasteiger partial charge on any atom is 0.512 e. The van der Waals surface area contributed by atoms with Crippen molar-refractivity contribution >= 4 is 29.1 Å². The highest BCUT2D eigenvalue weighted by molar-refractivity contribution is 7.18. The normalized spacial score (nSPS) is 10.6. The lowest BCUT2D eigenvalue weighted by molar-refractivity contribution is -0.118. The van der Waals surface area contributed by atoms with E-state index in [0.29, 0.717) is 25.1 Å². The van der Waals surface area contributed by atoms with Crippen LogP contribution in [-0.2, 0) is 11.3 Å². The van der Waals surface area contributed by atoms with E-state index in [9.17, 15) is 14.7 Å². The van der Waals surface area contributed by atoms with Crippen molar-refractivity contribution in [3.05, 3.63) is 71.8 Å². The van der Waals surface area contributed by atoms with Gasteiger partial charge in [-0.2, -0.15) is 0 Å². The van der Waals surface area contributed by atoms with Gasteiger partial charge < -0.3 is 14.7 Å². The molecular weight excluding hydrogens is 386 g/mol. The van der Waals surface area contributed by atoms with Crippen LogP contribution in [0.1, 0.15) is 30.9 Å². The molecule has 0 radical (unpaired) electrons. The van der Waals surface area contributed by atoms with E-state index in [0.717, 1.165) is 21.6 Å². The zero-order valence-electron chi connectivity index (χ0n) is 16.4. The molecule has 6 heteroatoms. The smallest absolute Gasteiger partial charge is 0.449 e. The van der Waals surface area contributed by atoms with Crippen molar-refractivity contribution in [1.29, 1.82) is 0 Å². The van der Waals surface area contributed by atoms with Gasteiger partial charge in [-0.15, -0.1) is 0 Å². The summed E-state index contributed by atoms with van der Waals surface area (Å²) in [4.78, 5) is 26.7. The fourth-order valence-electron chi connectivity index (χ4n) is 3.10. The Bertz CT molecular complexity index is 997. The predicted octanol–water partition coefficient (Wildman–Crippen LogP) is 6.11. The van der Waals surface area contributed by atoms with Gasteiger partial charge in [-0.1, -0.05) is 78.4 Å². The molecule has 1 N–H and O–H groups in total. The molecule has 29 heavy (non-hydrogen) atoms. The molecule has 0 saturated heterocycles. The maximum atomic E-state index is 12.9. The third kappa shape index (κ3) is 5.23. The summed E-state index contributed by atoms with van der Waals surface area (Å²) in [5, 5.41) is 9.40. The molecule has 3 aromatic rings. The number of nitrogens with zero attached hydrogens (tertiary/aromatic N) is 1. The highest BCUT2D eigenvalue weighted by atomic mass is 32.1. The van der Waals surface area contributed by atoms with Gasteiger partial charge in [0.15, 0.2) is 0 Å². The average molecular weight is 410 g/mol. The summed E-state index contributed by atoms with van der Waals surface area (Å²) in [5.74, 6) is -0.0679. The van der Waals surface area contributed by atoms with Gasteiger partial charge in [0.1, 0.15) is 0 Å². The molecule has 0 aliphatic rings. The number of amides is 1. The number of hydrogen-bond donors (Lipinski definition) is 1. The van der Waals surface area contributed by atoms with Gasteiger partial charge in [0.05, 0.1) is 12.2 Å². The minimum absolute atomic E-state index is 0.0679. The zero-order chi connectivity index (χ0) is 20.8. The van der Waals surface area contributed by atoms with Crippen LogP contribution in [0.15, 0.2) is 60.7 Å². The number of hydrogen-bond acceptors (Lipinski definition) is 4. The first-order valence-corrected chi connectivity index (χ1v) is 10.3. The molecule has 0 fully saturated rings. The van der Waals surface area contributed by atoms with Crippen molar-refractivity contribution in [2.75, 3.05) is 4.90 Å². The summed E-state index contributed by atoms with van der Waals surface area (Å²) in [7, 11) is 0. The number of ether oxygens (including phenoxy) is 1. The summed E-state index contributed by atoms with van der Waals surface area (Å²) in [6, 6.07) is 19.4. The second-order valence-electron chi connectivity index (χ2n) is 6.74. The van der Waals surface area contributed by atoms with Crippen LogP contribution >= 0.6 is 11.3 Å². The van der Waals surface area contributed by atoms with Crippen LogP contribution in [0.4, 0.5) is 10.5 Å². The van der Waals surface area contributed by atoms with Crippen LogP contribution in [0.3, 0.4) is 0 Å². The summed E-state index contributed by atoms with van der Waals surface area (Å²) >= 11 is 1.22. The summed E-state index contributed by atoms with van der Waals surface area (Å²) in [6.45, 7) is 4.29. The van der Waals surface area contributed by atoms with Crippen molar-refractivity contribution in [3.63, 3.8) is 0 Å². The van der Waals surface area contributed by atoms with Crippen molar-refractivity contribution in [1.82, 2.24) is 0 Å². The molecule has 0 aliphatic heterocycles. The van der Waals surface area contributed by atoms with Crippen molar-refractivity contribution in [3.8, 4) is 15.5 Å². The molecule has 0 saturated carbocycles. The first kappa shape index (κ1) is 20.6. The Hall–Kier alpha value is -3.12. The van der Waals surface area contributed by atoms with Gasteiger partial charge in [0.2, 0.25) is 11.0 Å². The van der Waals surface area contributed by atoms with E-state index < -0.39 is 6.16 Å². The largest absolute Gasteiger partial charge is 0.512 e. The van der Waals surface area contributed by atoms with Gasteiger partial charge in [0, 0.05) is 11.3 Å². The molecule has 0 spiro atoms. The van der Waals surface area contributed by atoms with Crippen LogP contribution in [0.5, 0.6) is 5.06 Å². The fourth-order valence-corrected chi connectivity index (χ4v) is 4.11. The number of aryl methyl sites for hydroxylation is 1. The minimum atomic E-state index is -1.40. The van der Waals surface area contributed by atoms with Gasteiger partial charge in [-0.3, -0.25) is 4.79 Å². The molecule has 1 amide bonds. The Morgan fingerprint density at radius 2 is 1.83 bits per heavy atom. The molecule has 1 heterocycles. The van der Waals surface area contributed by atoms with Crippen LogP contribution < -0.4 is 9.64 Å². The van der Waals surface area contributed by atoms with Crippen LogP contribution in [0, 0.1) is 6.92 Å². The highest BCUT2D eigenvalue weighted by Gasteiger charge is 2.24. The molecule has 2 aromatic carbocycles. The SMILES string of the molecule is CCCC(=O)N(Cc1cccc(C)c1)c1cc(-c2ccccc2)sc1OC(=O)O. The topological polar surface area (TPSA) is 66.8 Å². The van der Waals surface area contributed by atoms with E-state index in [1.54, 1.807) is 4.90 Å². The second kappa shape index (κ2) is 9.39. The standard InChI is InChI=1S/C23H23NO4S/c1-3-8-21(25)24(15-17-10-7-9-16(2)13-17)19-14-20(18-11-5-4-6-12-18)29-22(19)28-23(26)27/h4-7,9-14H,3,8,15H2,1-2H3,(H,26,27). The number of rotatable bonds is 7. The molecule has 1 aromatic heterocycles. The van der Waals surface area contributed by atoms with E-state index in [1.165, 1.54) is 11.3 Å². The van der Waals surface area contributed by atoms with Crippen LogP contribution in [0.25, 0.3) is 10.4 Å². The Labute approximate surface area is 174 Å². The third-order valence-electron chi connectivity index (χ3n) is 4.40. The quantitative estimate of drug-likeness (QED) is 0.478. The number of benzene rings is 2. The summed E-state index contributed by atoms with van der Waals surface area (Å²) in [6.07, 6.45) is -0.325. The lowest BCUT2D eigenvalue weighted by Gasteiger charge is -2.23. The van der Waals surface area contributed by atoms with Crippen molar-refractivity contribution in [2.24, 2.45) is 0 Å². The van der Waals surface area contributed by atoms with E-state index in [1.807, 2.05) is 74.5 Å². The number of carboxylic acid groups (broad SMARTS) is 1. The molecule has 0 bridgehead atoms. The molecule has 150 valence electrons. The number of thiophene rings is 1. The monoisotopic (exact) mass is 409 g/mol. The summed E-state index contributed by atoms with van der Waals surface area (Å²) < 4.78 is 5.06. The molecular formula is C23H23NO4S. The van der Waals surface area contributed by atoms with Gasteiger partial charge in [-0.25, -0.2) is 4.79 Å². The fraction of sp³-hybridized carbons (Fsp3) is 0.217. The van der Waals surface area contributed by atoms with Crippen LogP contribution in [0.2, 0.25) is 0 Å². The van der Waals surface area contributed by atoms with Crippen LogP contribution in [-0.4, -0.2) is 17.2 Å². The first-order valence-electron chi connectivity index (χ1n) is 9.44. The van der Waals surface area contributed by atoms with Gasteiger partial charge in [-0.05, 0) is 30.5 Å². The maximum absolute atomic E-state index is 12.9. The minimum Gasteiger partial charge on any atom is -0.449 e. The lowest BCUT2D eigenvalue weighted by atomic mass is 10.1. The second-order valence-corrected chi connectivity index (χ2v) is 7.75. The summed E-state index contributed by atoms with van der Waals surface area (Å²) in [5.41, 5.74) is 3.50. The Morgan fingerprint density at radius 3 is 2.48 bits per heavy atom. The molecule has 0 unspecified atom stereocenters. The third-order valence-corrected chi connectivity index (χ3v) is 5.45. The first-order chi connectivity index (χ1) is 14.0. The molecule has 3 rings (SSSR count). The number of anilines is 1. The van der Waals surface area contributed by atoms with E-state index in [2.05, 4.69) is 0 Å². The average Bonchev–Trinajstić information content (AvgIpc) is 3.10. The zero-order valence-corrected chi connectivity index (χ0v) is 17.2. The van der Waals surface area contributed by atoms with Crippen molar-refractivity contribution < 1.29 is 19.4 Å². The van der Waals surface area contributed by atoms with E-state index in [-0.39, 0.29) is 11.0 Å². The Morgan fingerprint density at radius 1 is 1.07 bits per heavy atom.